The van der Waals surface area contributed by atoms with Crippen LogP contribution in [0.3, 0.4) is 0 Å². The summed E-state index contributed by atoms with van der Waals surface area (Å²) in [4.78, 5) is 7.97. The monoisotopic (exact) mass is 366 g/mol. The predicted octanol–water partition coefficient (Wildman–Crippen LogP) is 3.41. The van der Waals surface area contributed by atoms with E-state index in [-0.39, 0.29) is 5.54 Å². The van der Waals surface area contributed by atoms with Gasteiger partial charge in [0.1, 0.15) is 0 Å². The van der Waals surface area contributed by atoms with Crippen LogP contribution in [0.5, 0.6) is 0 Å². The van der Waals surface area contributed by atoms with Crippen molar-refractivity contribution in [2.75, 3.05) is 52.9 Å². The van der Waals surface area contributed by atoms with E-state index in [9.17, 15) is 0 Å². The first-order chi connectivity index (χ1) is 12.5. The molecular weight excluding hydrogens is 320 g/mol. The lowest BCUT2D eigenvalue weighted by molar-refractivity contribution is -0.00137. The van der Waals surface area contributed by atoms with E-state index in [0.717, 1.165) is 18.8 Å². The Morgan fingerprint density at radius 1 is 1.08 bits per heavy atom. The summed E-state index contributed by atoms with van der Waals surface area (Å²) in [7, 11) is 2.30. The molecule has 2 aliphatic rings. The van der Waals surface area contributed by atoms with Crippen LogP contribution in [0.1, 0.15) is 72.1 Å². The summed E-state index contributed by atoms with van der Waals surface area (Å²) in [5.41, 5.74) is 6.64. The maximum atomic E-state index is 6.36. The van der Waals surface area contributed by atoms with Crippen LogP contribution >= 0.6 is 0 Å². The van der Waals surface area contributed by atoms with Gasteiger partial charge in [-0.1, -0.05) is 20.3 Å². The summed E-state index contributed by atoms with van der Waals surface area (Å²) < 4.78 is 0. The molecule has 3 unspecified atom stereocenters. The zero-order valence-corrected chi connectivity index (χ0v) is 18.2. The van der Waals surface area contributed by atoms with Gasteiger partial charge in [0.25, 0.3) is 0 Å². The van der Waals surface area contributed by atoms with Gasteiger partial charge in [0.05, 0.1) is 0 Å². The lowest BCUT2D eigenvalue weighted by Gasteiger charge is -2.51. The molecule has 3 atom stereocenters. The number of nitrogens with zero attached hydrogens (tertiary/aromatic N) is 3. The van der Waals surface area contributed by atoms with Crippen LogP contribution < -0.4 is 5.73 Å². The van der Waals surface area contributed by atoms with E-state index in [1.54, 1.807) is 0 Å². The Labute approximate surface area is 163 Å². The number of hydrogen-bond donors (Lipinski definition) is 1. The first-order valence-electron chi connectivity index (χ1n) is 11.4. The van der Waals surface area contributed by atoms with Crippen LogP contribution in [-0.2, 0) is 0 Å². The Kier molecular flexibility index (Phi) is 9.36. The summed E-state index contributed by atoms with van der Waals surface area (Å²) in [6.45, 7) is 15.9. The van der Waals surface area contributed by atoms with Crippen LogP contribution in [0, 0.1) is 5.92 Å². The van der Waals surface area contributed by atoms with Crippen LogP contribution in [0.25, 0.3) is 0 Å². The van der Waals surface area contributed by atoms with Gasteiger partial charge in [-0.2, -0.15) is 0 Å². The molecule has 0 aromatic rings. The Morgan fingerprint density at radius 2 is 1.81 bits per heavy atom. The summed E-state index contributed by atoms with van der Waals surface area (Å²) in [5, 5.41) is 0. The average molecular weight is 367 g/mol. The average Bonchev–Trinajstić information content (AvgIpc) is 2.64. The van der Waals surface area contributed by atoms with Crippen molar-refractivity contribution in [3.05, 3.63) is 0 Å². The van der Waals surface area contributed by atoms with Crippen molar-refractivity contribution in [3.8, 4) is 0 Å². The minimum atomic E-state index is 0.280. The van der Waals surface area contributed by atoms with Crippen molar-refractivity contribution < 1.29 is 0 Å². The van der Waals surface area contributed by atoms with Gasteiger partial charge in [0.15, 0.2) is 0 Å². The van der Waals surface area contributed by atoms with Gasteiger partial charge >= 0.3 is 0 Å². The highest BCUT2D eigenvalue weighted by Crippen LogP contribution is 2.36. The zero-order valence-electron chi connectivity index (χ0n) is 18.2. The summed E-state index contributed by atoms with van der Waals surface area (Å²) >= 11 is 0. The first-order valence-corrected chi connectivity index (χ1v) is 11.4. The van der Waals surface area contributed by atoms with Crippen molar-refractivity contribution in [2.24, 2.45) is 11.7 Å². The first kappa shape index (κ1) is 22.1. The van der Waals surface area contributed by atoms with Gasteiger partial charge in [-0.25, -0.2) is 0 Å². The zero-order chi connectivity index (χ0) is 19.0. The lowest BCUT2D eigenvalue weighted by atomic mass is 9.74. The van der Waals surface area contributed by atoms with Crippen molar-refractivity contribution >= 4 is 0 Å². The molecule has 2 rings (SSSR count). The SMILES string of the molecule is CCC(N)CC1(C)C(C)CCCN1CCN(C)CCCN1CCCCC1. The van der Waals surface area contributed by atoms with Gasteiger partial charge in [-0.3, -0.25) is 4.90 Å². The number of rotatable bonds is 10. The van der Waals surface area contributed by atoms with Crippen LogP contribution in [0.15, 0.2) is 0 Å². The maximum Gasteiger partial charge on any atom is 0.0222 e. The van der Waals surface area contributed by atoms with Crippen molar-refractivity contribution in [1.29, 1.82) is 0 Å². The second-order valence-electron chi connectivity index (χ2n) is 9.32. The van der Waals surface area contributed by atoms with Gasteiger partial charge in [-0.15, -0.1) is 0 Å². The number of likely N-dealkylation sites (N-methyl/N-ethyl adjacent to an activating group) is 1. The molecule has 154 valence electrons. The smallest absolute Gasteiger partial charge is 0.0222 e. The van der Waals surface area contributed by atoms with Gasteiger partial charge in [0.2, 0.25) is 0 Å². The standard InChI is InChI=1S/C22H46N4/c1-5-21(23)19-22(3)20(2)11-9-16-26(22)18-17-24(4)12-10-15-25-13-7-6-8-14-25/h20-21H,5-19,23H2,1-4H3. The quantitative estimate of drug-likeness (QED) is 0.643. The number of piperidine rings is 2. The second-order valence-corrected chi connectivity index (χ2v) is 9.32. The summed E-state index contributed by atoms with van der Waals surface area (Å²) in [5.74, 6) is 0.748. The van der Waals surface area contributed by atoms with Crippen LogP contribution in [0.2, 0.25) is 0 Å². The highest BCUT2D eigenvalue weighted by Gasteiger charge is 2.40. The van der Waals surface area contributed by atoms with E-state index in [2.05, 4.69) is 42.5 Å². The molecule has 2 N–H and O–H groups in total. The van der Waals surface area contributed by atoms with E-state index in [0.29, 0.717) is 6.04 Å². The van der Waals surface area contributed by atoms with Crippen molar-refractivity contribution in [3.63, 3.8) is 0 Å². The van der Waals surface area contributed by atoms with Gasteiger partial charge < -0.3 is 15.5 Å². The van der Waals surface area contributed by atoms with E-state index in [1.165, 1.54) is 84.3 Å². The van der Waals surface area contributed by atoms with Crippen LogP contribution in [-0.4, -0.2) is 79.1 Å². The fraction of sp³-hybridized carbons (Fsp3) is 1.00. The molecule has 0 amide bonds. The maximum absolute atomic E-state index is 6.36. The third-order valence-corrected chi connectivity index (χ3v) is 7.26. The number of nitrogens with two attached hydrogens (primary N) is 1. The largest absolute Gasteiger partial charge is 0.328 e. The topological polar surface area (TPSA) is 35.7 Å². The van der Waals surface area contributed by atoms with Crippen molar-refractivity contribution in [2.45, 2.75) is 83.7 Å². The van der Waals surface area contributed by atoms with E-state index < -0.39 is 0 Å². The molecule has 0 bridgehead atoms. The Balaban J connectivity index is 1.74. The minimum absolute atomic E-state index is 0.280. The molecule has 0 aliphatic carbocycles. The summed E-state index contributed by atoms with van der Waals surface area (Å²) in [6.07, 6.45) is 10.5. The molecule has 26 heavy (non-hydrogen) atoms. The van der Waals surface area contributed by atoms with Gasteiger partial charge in [-0.05, 0) is 97.6 Å². The molecule has 2 heterocycles. The molecular formula is C22H46N4. The molecule has 2 fully saturated rings. The minimum Gasteiger partial charge on any atom is -0.328 e. The highest BCUT2D eigenvalue weighted by atomic mass is 15.2. The van der Waals surface area contributed by atoms with Crippen LogP contribution in [0.4, 0.5) is 0 Å². The summed E-state index contributed by atoms with van der Waals surface area (Å²) in [6, 6.07) is 0.338. The normalized spacial score (nSPS) is 30.0. The van der Waals surface area contributed by atoms with Gasteiger partial charge in [0, 0.05) is 24.7 Å². The third kappa shape index (κ3) is 6.47. The Morgan fingerprint density at radius 3 is 2.50 bits per heavy atom. The fourth-order valence-corrected chi connectivity index (χ4v) is 4.99. The predicted molar refractivity (Wildman–Crippen MR) is 114 cm³/mol. The second kappa shape index (κ2) is 11.0. The van der Waals surface area contributed by atoms with Crippen molar-refractivity contribution in [1.82, 2.24) is 14.7 Å². The van der Waals surface area contributed by atoms with E-state index in [1.807, 2.05) is 0 Å². The molecule has 2 saturated heterocycles. The Bertz CT molecular complexity index is 382. The molecule has 0 radical (unpaired) electrons. The van der Waals surface area contributed by atoms with E-state index >= 15 is 0 Å². The molecule has 0 aromatic heterocycles. The molecule has 0 spiro atoms. The molecule has 4 nitrogen and oxygen atoms in total. The lowest BCUT2D eigenvalue weighted by Crippen LogP contribution is -2.58. The number of hydrogen-bond acceptors (Lipinski definition) is 4. The molecule has 0 saturated carbocycles. The molecule has 4 heteroatoms. The van der Waals surface area contributed by atoms with E-state index in [4.69, 9.17) is 5.73 Å². The number of likely N-dealkylation sites (tertiary alicyclic amines) is 2. The fourth-order valence-electron chi connectivity index (χ4n) is 4.99. The highest BCUT2D eigenvalue weighted by molar-refractivity contribution is 4.96. The molecule has 2 aliphatic heterocycles. The third-order valence-electron chi connectivity index (χ3n) is 7.26. The Hall–Kier alpha value is -0.160. The molecule has 0 aromatic carbocycles.